The van der Waals surface area contributed by atoms with Gasteiger partial charge in [0.15, 0.2) is 0 Å². The van der Waals surface area contributed by atoms with Crippen LogP contribution in [0.25, 0.3) is 0 Å². The lowest BCUT2D eigenvalue weighted by Crippen LogP contribution is -2.45. The third-order valence-electron chi connectivity index (χ3n) is 2.18. The van der Waals surface area contributed by atoms with E-state index >= 15 is 0 Å². The molecule has 0 N–H and O–H groups in total. The van der Waals surface area contributed by atoms with Crippen molar-refractivity contribution < 1.29 is 14.3 Å². The molecule has 16 heavy (non-hydrogen) atoms. The van der Waals surface area contributed by atoms with Gasteiger partial charge in [-0.25, -0.2) is 4.79 Å². The number of hydrogen-bond acceptors (Lipinski definition) is 3. The van der Waals surface area contributed by atoms with Crippen LogP contribution < -0.4 is 4.90 Å². The number of benzene rings is 1. The number of ether oxygens (including phenoxy) is 1. The molecular formula is C10H7Cl2NO3. The van der Waals surface area contributed by atoms with Gasteiger partial charge in [0.25, 0.3) is 0 Å². The Morgan fingerprint density at radius 1 is 1.19 bits per heavy atom. The molecule has 0 atom stereocenters. The van der Waals surface area contributed by atoms with Crippen LogP contribution in [-0.2, 0) is 14.3 Å². The van der Waals surface area contributed by atoms with Crippen LogP contribution in [0.2, 0.25) is 10.0 Å². The minimum absolute atomic E-state index is 0.185. The topological polar surface area (TPSA) is 46.6 Å². The highest BCUT2D eigenvalue weighted by atomic mass is 35.5. The lowest BCUT2D eigenvalue weighted by molar-refractivity contribution is -0.156. The summed E-state index contributed by atoms with van der Waals surface area (Å²) in [6.07, 6.45) is 0. The number of cyclic esters (lactones) is 1. The SMILES string of the molecule is O=C1OCCN(c2ccc(Cl)c(Cl)c2)C1=O. The van der Waals surface area contributed by atoms with Crippen LogP contribution in [-0.4, -0.2) is 25.0 Å². The summed E-state index contributed by atoms with van der Waals surface area (Å²) in [5, 5.41) is 0.739. The molecule has 2 rings (SSSR count). The first-order valence-electron chi connectivity index (χ1n) is 4.53. The fraction of sp³-hybridized carbons (Fsp3) is 0.200. The predicted octanol–water partition coefficient (Wildman–Crippen LogP) is 1.88. The van der Waals surface area contributed by atoms with Crippen molar-refractivity contribution >= 4 is 40.8 Å². The molecule has 0 saturated carbocycles. The van der Waals surface area contributed by atoms with Gasteiger partial charge in [-0.15, -0.1) is 0 Å². The lowest BCUT2D eigenvalue weighted by atomic mass is 10.2. The maximum Gasteiger partial charge on any atom is 0.397 e. The second-order valence-electron chi connectivity index (χ2n) is 3.19. The number of rotatable bonds is 1. The number of anilines is 1. The molecule has 1 aliphatic heterocycles. The van der Waals surface area contributed by atoms with Crippen molar-refractivity contribution in [2.45, 2.75) is 0 Å². The van der Waals surface area contributed by atoms with E-state index in [4.69, 9.17) is 23.2 Å². The lowest BCUT2D eigenvalue weighted by Gasteiger charge is -2.25. The fourth-order valence-corrected chi connectivity index (χ4v) is 1.69. The number of carbonyl (C=O) groups excluding carboxylic acids is 2. The van der Waals surface area contributed by atoms with E-state index in [1.807, 2.05) is 0 Å². The van der Waals surface area contributed by atoms with E-state index in [1.54, 1.807) is 18.2 Å². The van der Waals surface area contributed by atoms with Gasteiger partial charge in [-0.2, -0.15) is 0 Å². The zero-order valence-corrected chi connectivity index (χ0v) is 9.59. The zero-order chi connectivity index (χ0) is 11.7. The highest BCUT2D eigenvalue weighted by molar-refractivity contribution is 6.42. The molecule has 0 unspecified atom stereocenters. The number of carbonyl (C=O) groups is 2. The number of esters is 1. The molecule has 1 aliphatic rings. The van der Waals surface area contributed by atoms with Crippen LogP contribution in [0, 0.1) is 0 Å². The standard InChI is InChI=1S/C10H7Cl2NO3/c11-7-2-1-6(5-8(7)12)13-3-4-16-10(15)9(13)14/h1-2,5H,3-4H2. The van der Waals surface area contributed by atoms with E-state index in [1.165, 1.54) is 4.90 Å². The van der Waals surface area contributed by atoms with Gasteiger partial charge in [-0.1, -0.05) is 23.2 Å². The maximum atomic E-state index is 11.5. The molecule has 1 amide bonds. The largest absolute Gasteiger partial charge is 0.457 e. The molecule has 1 aromatic carbocycles. The molecule has 1 saturated heterocycles. The van der Waals surface area contributed by atoms with E-state index < -0.39 is 11.9 Å². The molecule has 0 bridgehead atoms. The molecule has 6 heteroatoms. The number of amides is 1. The minimum Gasteiger partial charge on any atom is -0.457 e. The molecule has 0 radical (unpaired) electrons. The second-order valence-corrected chi connectivity index (χ2v) is 4.01. The van der Waals surface area contributed by atoms with Crippen molar-refractivity contribution in [1.82, 2.24) is 0 Å². The van der Waals surface area contributed by atoms with Crippen molar-refractivity contribution in [2.75, 3.05) is 18.1 Å². The van der Waals surface area contributed by atoms with Crippen LogP contribution in [0.4, 0.5) is 5.69 Å². The van der Waals surface area contributed by atoms with E-state index in [-0.39, 0.29) is 6.61 Å². The van der Waals surface area contributed by atoms with E-state index in [9.17, 15) is 9.59 Å². The summed E-state index contributed by atoms with van der Waals surface area (Å²) in [6.45, 7) is 0.507. The Labute approximate surface area is 102 Å². The van der Waals surface area contributed by atoms with E-state index in [2.05, 4.69) is 4.74 Å². The average Bonchev–Trinajstić information content (AvgIpc) is 2.26. The first-order valence-corrected chi connectivity index (χ1v) is 5.29. The van der Waals surface area contributed by atoms with Crippen molar-refractivity contribution in [2.24, 2.45) is 0 Å². The number of hydrogen-bond donors (Lipinski definition) is 0. The average molecular weight is 260 g/mol. The molecule has 84 valence electrons. The molecular weight excluding hydrogens is 253 g/mol. The second kappa shape index (κ2) is 4.31. The van der Waals surface area contributed by atoms with Crippen molar-refractivity contribution in [1.29, 1.82) is 0 Å². The van der Waals surface area contributed by atoms with Gasteiger partial charge >= 0.3 is 11.9 Å². The van der Waals surface area contributed by atoms with Gasteiger partial charge in [0.05, 0.1) is 16.6 Å². The molecule has 0 spiro atoms. The maximum absolute atomic E-state index is 11.5. The molecule has 1 fully saturated rings. The Kier molecular flexibility index (Phi) is 3.03. The van der Waals surface area contributed by atoms with Gasteiger partial charge in [0.1, 0.15) is 6.61 Å². The molecule has 0 aliphatic carbocycles. The molecule has 0 aromatic heterocycles. The summed E-state index contributed by atoms with van der Waals surface area (Å²) in [5.74, 6) is -1.54. The fourth-order valence-electron chi connectivity index (χ4n) is 1.40. The number of halogens is 2. The van der Waals surface area contributed by atoms with Crippen LogP contribution in [0.15, 0.2) is 18.2 Å². The molecule has 4 nitrogen and oxygen atoms in total. The van der Waals surface area contributed by atoms with Crippen molar-refractivity contribution in [3.63, 3.8) is 0 Å². The monoisotopic (exact) mass is 259 g/mol. The summed E-state index contributed by atoms with van der Waals surface area (Å²) in [7, 11) is 0. The third kappa shape index (κ3) is 1.99. The van der Waals surface area contributed by atoms with E-state index in [0.717, 1.165) is 0 Å². The Balaban J connectivity index is 2.32. The summed E-state index contributed by atoms with van der Waals surface area (Å²) in [6, 6.07) is 4.75. The molecule has 1 heterocycles. The van der Waals surface area contributed by atoms with Gasteiger partial charge in [-0.05, 0) is 18.2 Å². The van der Waals surface area contributed by atoms with Crippen LogP contribution in [0.5, 0.6) is 0 Å². The predicted molar refractivity (Wildman–Crippen MR) is 59.8 cm³/mol. The quantitative estimate of drug-likeness (QED) is 0.572. The highest BCUT2D eigenvalue weighted by Crippen LogP contribution is 2.27. The Hall–Kier alpha value is -1.26. The Bertz CT molecular complexity index is 461. The first kappa shape index (κ1) is 11.2. The smallest absolute Gasteiger partial charge is 0.397 e. The highest BCUT2D eigenvalue weighted by Gasteiger charge is 2.29. The number of nitrogens with zero attached hydrogens (tertiary/aromatic N) is 1. The van der Waals surface area contributed by atoms with E-state index in [0.29, 0.717) is 22.3 Å². The van der Waals surface area contributed by atoms with Gasteiger partial charge < -0.3 is 4.74 Å². The third-order valence-corrected chi connectivity index (χ3v) is 2.92. The Morgan fingerprint density at radius 3 is 2.62 bits per heavy atom. The number of morpholine rings is 1. The van der Waals surface area contributed by atoms with Gasteiger partial charge in [-0.3, -0.25) is 9.69 Å². The van der Waals surface area contributed by atoms with Gasteiger partial charge in [0, 0.05) is 5.69 Å². The van der Waals surface area contributed by atoms with Crippen LogP contribution >= 0.6 is 23.2 Å². The first-order chi connectivity index (χ1) is 7.59. The van der Waals surface area contributed by atoms with Crippen molar-refractivity contribution in [3.05, 3.63) is 28.2 Å². The summed E-state index contributed by atoms with van der Waals surface area (Å²) >= 11 is 11.6. The molecule has 1 aromatic rings. The normalized spacial score (nSPS) is 16.2. The zero-order valence-electron chi connectivity index (χ0n) is 8.07. The Morgan fingerprint density at radius 2 is 1.94 bits per heavy atom. The van der Waals surface area contributed by atoms with Crippen LogP contribution in [0.1, 0.15) is 0 Å². The minimum atomic E-state index is -0.850. The van der Waals surface area contributed by atoms with Gasteiger partial charge in [0.2, 0.25) is 0 Å². The van der Waals surface area contributed by atoms with Crippen LogP contribution in [0.3, 0.4) is 0 Å². The summed E-state index contributed by atoms with van der Waals surface area (Å²) in [5.41, 5.74) is 0.538. The summed E-state index contributed by atoms with van der Waals surface area (Å²) in [4.78, 5) is 23.9. The summed E-state index contributed by atoms with van der Waals surface area (Å²) < 4.78 is 4.61. The van der Waals surface area contributed by atoms with Crippen molar-refractivity contribution in [3.8, 4) is 0 Å².